The Morgan fingerprint density at radius 3 is 2.81 bits per heavy atom. The van der Waals surface area contributed by atoms with Crippen LogP contribution in [0.5, 0.6) is 0 Å². The summed E-state index contributed by atoms with van der Waals surface area (Å²) in [5, 5.41) is 0.544. The molecule has 1 fully saturated rings. The first-order chi connectivity index (χ1) is 12.3. The van der Waals surface area contributed by atoms with Gasteiger partial charge in [-0.2, -0.15) is 0 Å². The largest absolute Gasteiger partial charge is 0.379 e. The first-order valence-corrected chi connectivity index (χ1v) is 10.00. The number of alkyl halides is 1. The zero-order chi connectivity index (χ0) is 18.5. The zero-order valence-electron chi connectivity index (χ0n) is 14.7. The van der Waals surface area contributed by atoms with E-state index in [0.29, 0.717) is 24.2 Å². The van der Waals surface area contributed by atoms with E-state index in [1.165, 1.54) is 36.9 Å². The number of amidine groups is 1. The number of nitrogens with zero attached hydrogens (tertiary/aromatic N) is 5. The molecule has 4 heterocycles. The van der Waals surface area contributed by atoms with Crippen LogP contribution in [0.25, 0.3) is 0 Å². The quantitative estimate of drug-likeness (QED) is 0.802. The van der Waals surface area contributed by atoms with E-state index < -0.39 is 17.0 Å². The highest BCUT2D eigenvalue weighted by Crippen LogP contribution is 2.47. The van der Waals surface area contributed by atoms with Gasteiger partial charge in [-0.05, 0) is 13.8 Å². The second kappa shape index (κ2) is 7.14. The minimum Gasteiger partial charge on any atom is -0.379 e. The average molecular weight is 433 g/mol. The monoisotopic (exact) mass is 432 g/mol. The molecule has 0 spiro atoms. The van der Waals surface area contributed by atoms with Gasteiger partial charge in [0.15, 0.2) is 11.0 Å². The number of fused-ring (bicyclic) bond motifs is 1. The fourth-order valence-corrected chi connectivity index (χ4v) is 5.30. The Morgan fingerprint density at radius 1 is 1.37 bits per heavy atom. The van der Waals surface area contributed by atoms with Crippen molar-refractivity contribution in [1.82, 2.24) is 15.0 Å². The Hall–Kier alpha value is -1.52. The highest BCUT2D eigenvalue weighted by atomic mass is 35.5. The number of nitrogens with two attached hydrogens (primary N) is 1. The highest BCUT2D eigenvalue weighted by Gasteiger charge is 2.51. The van der Waals surface area contributed by atoms with E-state index in [2.05, 4.69) is 15.0 Å². The smallest absolute Gasteiger partial charge is 0.225 e. The molecular weight excluding hydrogens is 414 g/mol. The van der Waals surface area contributed by atoms with Crippen LogP contribution in [0.2, 0.25) is 0 Å². The maximum absolute atomic E-state index is 14.3. The molecule has 1 unspecified atom stereocenters. The minimum absolute atomic E-state index is 0. The molecule has 2 aliphatic rings. The number of aromatic nitrogens is 3. The van der Waals surface area contributed by atoms with Crippen molar-refractivity contribution in [1.29, 1.82) is 0 Å². The summed E-state index contributed by atoms with van der Waals surface area (Å²) >= 11 is 3.06. The van der Waals surface area contributed by atoms with Gasteiger partial charge in [0.2, 0.25) is 5.95 Å². The number of halogens is 3. The molecule has 6 nitrogen and oxygen atoms in total. The lowest BCUT2D eigenvalue weighted by atomic mass is 9.87. The third kappa shape index (κ3) is 3.50. The van der Waals surface area contributed by atoms with Crippen LogP contribution in [0.4, 0.5) is 14.7 Å². The Morgan fingerprint density at radius 2 is 2.15 bits per heavy atom. The van der Waals surface area contributed by atoms with E-state index in [9.17, 15) is 8.78 Å². The average Bonchev–Trinajstić information content (AvgIpc) is 3.22. The first-order valence-electron chi connectivity index (χ1n) is 8.13. The molecule has 2 atom stereocenters. The molecule has 0 bridgehead atoms. The molecule has 2 aromatic rings. The standard InChI is InChI=1S/C16H18F2N6S2.ClH/c1-15(2,18)12-10(17)3-21-14(22-12)24-5-9-6-25-13(19)23-16(9,7-24)11-4-20-8-26-11;/h3-4,8-9H,5-7H2,1-2H3,(H2,19,23);1H/t9-,16?;/m0./s1. The summed E-state index contributed by atoms with van der Waals surface area (Å²) in [6.07, 6.45) is 2.85. The molecule has 0 amide bonds. The summed E-state index contributed by atoms with van der Waals surface area (Å²) in [5.41, 5.74) is 5.15. The van der Waals surface area contributed by atoms with Crippen molar-refractivity contribution >= 4 is 46.6 Å². The molecule has 4 rings (SSSR count). The van der Waals surface area contributed by atoms with Gasteiger partial charge in [-0.1, -0.05) is 11.8 Å². The van der Waals surface area contributed by atoms with Gasteiger partial charge >= 0.3 is 0 Å². The Kier molecular flexibility index (Phi) is 5.35. The van der Waals surface area contributed by atoms with Gasteiger partial charge in [0.05, 0.1) is 23.1 Å². The molecular formula is C16H19ClF2N6S2. The summed E-state index contributed by atoms with van der Waals surface area (Å²) < 4.78 is 28.3. The molecule has 27 heavy (non-hydrogen) atoms. The first kappa shape index (κ1) is 20.2. The van der Waals surface area contributed by atoms with E-state index in [4.69, 9.17) is 10.7 Å². The van der Waals surface area contributed by atoms with Crippen LogP contribution in [0.1, 0.15) is 24.4 Å². The van der Waals surface area contributed by atoms with Crippen LogP contribution in [0, 0.1) is 11.7 Å². The van der Waals surface area contributed by atoms with Crippen molar-refractivity contribution in [3.8, 4) is 0 Å². The molecule has 1 saturated heterocycles. The number of rotatable bonds is 3. The number of aliphatic imine (C=N–C) groups is 1. The molecule has 0 radical (unpaired) electrons. The SMILES string of the molecule is CC(C)(F)c1nc(N2C[C@H]3CSC(N)=NC3(c3cncs3)C2)ncc1F.Cl. The third-order valence-corrected chi connectivity index (χ3v) is 6.62. The van der Waals surface area contributed by atoms with E-state index in [1.54, 1.807) is 5.51 Å². The normalized spacial score (nSPS) is 25.0. The van der Waals surface area contributed by atoms with E-state index >= 15 is 0 Å². The predicted octanol–water partition coefficient (Wildman–Crippen LogP) is 3.09. The maximum atomic E-state index is 14.3. The Balaban J connectivity index is 0.00000210. The predicted molar refractivity (Wildman–Crippen MR) is 107 cm³/mol. The van der Waals surface area contributed by atoms with Crippen LogP contribution in [0.15, 0.2) is 22.9 Å². The molecule has 146 valence electrons. The summed E-state index contributed by atoms with van der Waals surface area (Å²) in [5.74, 6) is 0.569. The lowest BCUT2D eigenvalue weighted by molar-refractivity contribution is 0.205. The van der Waals surface area contributed by atoms with E-state index in [0.717, 1.165) is 16.8 Å². The van der Waals surface area contributed by atoms with Gasteiger partial charge in [0.25, 0.3) is 0 Å². The lowest BCUT2D eigenvalue weighted by Gasteiger charge is -2.32. The summed E-state index contributed by atoms with van der Waals surface area (Å²) in [6.45, 7) is 3.71. The van der Waals surface area contributed by atoms with Crippen molar-refractivity contribution < 1.29 is 8.78 Å². The Labute approximate surface area is 170 Å². The van der Waals surface area contributed by atoms with Crippen molar-refractivity contribution in [2.24, 2.45) is 16.6 Å². The molecule has 0 aliphatic carbocycles. The van der Waals surface area contributed by atoms with Crippen molar-refractivity contribution in [2.45, 2.75) is 25.1 Å². The van der Waals surface area contributed by atoms with Crippen LogP contribution in [-0.2, 0) is 11.2 Å². The van der Waals surface area contributed by atoms with Crippen LogP contribution >= 0.6 is 35.5 Å². The van der Waals surface area contributed by atoms with Gasteiger partial charge in [0, 0.05) is 24.4 Å². The third-order valence-electron chi connectivity index (χ3n) is 4.73. The second-order valence-corrected chi connectivity index (χ2v) is 8.89. The van der Waals surface area contributed by atoms with Crippen LogP contribution in [0.3, 0.4) is 0 Å². The van der Waals surface area contributed by atoms with Gasteiger partial charge in [-0.3, -0.25) is 4.98 Å². The van der Waals surface area contributed by atoms with Gasteiger partial charge in [0.1, 0.15) is 16.9 Å². The molecule has 2 N–H and O–H groups in total. The van der Waals surface area contributed by atoms with Gasteiger partial charge < -0.3 is 10.6 Å². The van der Waals surface area contributed by atoms with Crippen molar-refractivity contribution in [3.63, 3.8) is 0 Å². The summed E-state index contributed by atoms with van der Waals surface area (Å²) in [7, 11) is 0. The molecule has 2 aromatic heterocycles. The topological polar surface area (TPSA) is 80.3 Å². The number of anilines is 1. The van der Waals surface area contributed by atoms with Crippen molar-refractivity contribution in [2.75, 3.05) is 23.7 Å². The Bertz CT molecular complexity index is 857. The highest BCUT2D eigenvalue weighted by molar-refractivity contribution is 8.13. The molecule has 0 saturated carbocycles. The fourth-order valence-electron chi connectivity index (χ4n) is 3.48. The van der Waals surface area contributed by atoms with Crippen LogP contribution in [-0.4, -0.2) is 39.0 Å². The maximum Gasteiger partial charge on any atom is 0.225 e. The number of thioether (sulfide) groups is 1. The molecule has 11 heteroatoms. The summed E-state index contributed by atoms with van der Waals surface area (Å²) in [4.78, 5) is 20.2. The summed E-state index contributed by atoms with van der Waals surface area (Å²) in [6, 6.07) is 0. The second-order valence-electron chi connectivity index (χ2n) is 6.97. The van der Waals surface area contributed by atoms with E-state index in [1.807, 2.05) is 11.1 Å². The van der Waals surface area contributed by atoms with Gasteiger partial charge in [-0.25, -0.2) is 23.7 Å². The number of hydrogen-bond acceptors (Lipinski definition) is 8. The zero-order valence-corrected chi connectivity index (χ0v) is 17.2. The number of hydrogen-bond donors (Lipinski definition) is 1. The molecule has 2 aliphatic heterocycles. The molecule has 0 aromatic carbocycles. The minimum atomic E-state index is -1.89. The van der Waals surface area contributed by atoms with E-state index in [-0.39, 0.29) is 24.0 Å². The number of thiazole rings is 1. The van der Waals surface area contributed by atoms with Crippen molar-refractivity contribution in [3.05, 3.63) is 34.3 Å². The van der Waals surface area contributed by atoms with Crippen LogP contribution < -0.4 is 10.6 Å². The fraction of sp³-hybridized carbons (Fsp3) is 0.500. The lowest BCUT2D eigenvalue weighted by Crippen LogP contribution is -2.39. The van der Waals surface area contributed by atoms with Gasteiger partial charge in [-0.15, -0.1) is 23.7 Å².